The molecule has 2 N–H and O–H groups in total. The van der Waals surface area contributed by atoms with Crippen molar-refractivity contribution in [1.82, 2.24) is 4.90 Å². The lowest BCUT2D eigenvalue weighted by atomic mass is 10.1. The molecule has 1 aromatic rings. The molecule has 1 unspecified atom stereocenters. The zero-order chi connectivity index (χ0) is 14.8. The zero-order valence-corrected chi connectivity index (χ0v) is 13.4. The van der Waals surface area contributed by atoms with Gasteiger partial charge in [0.15, 0.2) is 0 Å². The summed E-state index contributed by atoms with van der Waals surface area (Å²) in [7, 11) is -3.51. The second kappa shape index (κ2) is 6.24. The number of nitrogens with zero attached hydrogens (tertiary/aromatic N) is 1. The number of benzene rings is 1. The van der Waals surface area contributed by atoms with Gasteiger partial charge in [0.05, 0.1) is 5.75 Å². The first-order valence-electron chi connectivity index (χ1n) is 6.37. The van der Waals surface area contributed by atoms with Crippen LogP contribution in [0.5, 0.6) is 0 Å². The number of rotatable bonds is 5. The fourth-order valence-corrected chi connectivity index (χ4v) is 3.83. The predicted octanol–water partition coefficient (Wildman–Crippen LogP) is 1.13. The van der Waals surface area contributed by atoms with E-state index in [9.17, 15) is 13.2 Å². The minimum absolute atomic E-state index is 0.00528. The number of hydrogen-bond donors (Lipinski definition) is 1. The van der Waals surface area contributed by atoms with E-state index < -0.39 is 10.0 Å². The van der Waals surface area contributed by atoms with Crippen molar-refractivity contribution in [1.29, 1.82) is 0 Å². The number of nitrogens with two attached hydrogens (primary N) is 1. The molecule has 5 nitrogen and oxygen atoms in total. The Balaban J connectivity index is 1.91. The van der Waals surface area contributed by atoms with E-state index >= 15 is 0 Å². The summed E-state index contributed by atoms with van der Waals surface area (Å²) in [5.41, 5.74) is 1.13. The minimum Gasteiger partial charge on any atom is -0.342 e. The van der Waals surface area contributed by atoms with Crippen LogP contribution in [0.2, 0.25) is 0 Å². The monoisotopic (exact) mass is 360 g/mol. The third-order valence-electron chi connectivity index (χ3n) is 3.37. The summed E-state index contributed by atoms with van der Waals surface area (Å²) in [4.78, 5) is 13.6. The van der Waals surface area contributed by atoms with Crippen molar-refractivity contribution in [3.8, 4) is 0 Å². The standard InChI is InChI=1S/C13H17BrN2O3S/c14-12-4-2-1-3-11(12)5-6-16-8-10(7-13(16)17)9-20(15,18)19/h1-4,10H,5-9H2,(H2,15,18,19). The van der Waals surface area contributed by atoms with Gasteiger partial charge in [-0.25, -0.2) is 13.6 Å². The molecule has 0 aliphatic carbocycles. The molecule has 1 saturated heterocycles. The number of hydrogen-bond acceptors (Lipinski definition) is 3. The number of amides is 1. The smallest absolute Gasteiger partial charge is 0.222 e. The number of sulfonamides is 1. The Bertz CT molecular complexity index is 603. The van der Waals surface area contributed by atoms with E-state index in [4.69, 9.17) is 5.14 Å². The average Bonchev–Trinajstić information content (AvgIpc) is 2.66. The van der Waals surface area contributed by atoms with Gasteiger partial charge in [0.25, 0.3) is 0 Å². The lowest BCUT2D eigenvalue weighted by molar-refractivity contribution is -0.127. The van der Waals surface area contributed by atoms with Crippen molar-refractivity contribution in [2.45, 2.75) is 12.8 Å². The third kappa shape index (κ3) is 4.29. The SMILES string of the molecule is NS(=O)(=O)CC1CC(=O)N(CCc2ccccc2Br)C1. The van der Waals surface area contributed by atoms with E-state index in [-0.39, 0.29) is 24.0 Å². The molecule has 7 heteroatoms. The Labute approximate surface area is 127 Å². The normalized spacial score (nSPS) is 19.6. The summed E-state index contributed by atoms with van der Waals surface area (Å²) >= 11 is 3.47. The van der Waals surface area contributed by atoms with Gasteiger partial charge in [0.2, 0.25) is 15.9 Å². The van der Waals surface area contributed by atoms with Crippen LogP contribution in [0.4, 0.5) is 0 Å². The van der Waals surface area contributed by atoms with E-state index in [0.717, 1.165) is 16.5 Å². The van der Waals surface area contributed by atoms with Crippen LogP contribution < -0.4 is 5.14 Å². The van der Waals surface area contributed by atoms with E-state index in [1.165, 1.54) is 0 Å². The van der Waals surface area contributed by atoms with Crippen LogP contribution in [-0.4, -0.2) is 38.1 Å². The van der Waals surface area contributed by atoms with Crippen molar-refractivity contribution in [2.24, 2.45) is 11.1 Å². The van der Waals surface area contributed by atoms with Gasteiger partial charge in [-0.1, -0.05) is 34.1 Å². The van der Waals surface area contributed by atoms with Crippen LogP contribution in [0.15, 0.2) is 28.7 Å². The van der Waals surface area contributed by atoms with Crippen molar-refractivity contribution >= 4 is 31.9 Å². The van der Waals surface area contributed by atoms with Crippen molar-refractivity contribution in [2.75, 3.05) is 18.8 Å². The molecule has 1 atom stereocenters. The Hall–Kier alpha value is -0.920. The van der Waals surface area contributed by atoms with E-state index in [2.05, 4.69) is 15.9 Å². The van der Waals surface area contributed by atoms with Crippen LogP contribution in [-0.2, 0) is 21.2 Å². The summed E-state index contributed by atoms with van der Waals surface area (Å²) in [5, 5.41) is 5.03. The van der Waals surface area contributed by atoms with Crippen LogP contribution in [0.1, 0.15) is 12.0 Å². The highest BCUT2D eigenvalue weighted by molar-refractivity contribution is 9.10. The second-order valence-electron chi connectivity index (χ2n) is 5.08. The Morgan fingerprint density at radius 1 is 1.35 bits per heavy atom. The van der Waals surface area contributed by atoms with Gasteiger partial charge in [0.1, 0.15) is 0 Å². The van der Waals surface area contributed by atoms with Gasteiger partial charge < -0.3 is 4.90 Å². The highest BCUT2D eigenvalue weighted by Gasteiger charge is 2.31. The number of carbonyl (C=O) groups excluding carboxylic acids is 1. The molecule has 0 radical (unpaired) electrons. The van der Waals surface area contributed by atoms with Crippen molar-refractivity contribution in [3.63, 3.8) is 0 Å². The molecule has 0 aromatic heterocycles. The van der Waals surface area contributed by atoms with Gasteiger partial charge in [-0.3, -0.25) is 4.79 Å². The number of likely N-dealkylation sites (tertiary alicyclic amines) is 1. The first-order chi connectivity index (χ1) is 9.35. The van der Waals surface area contributed by atoms with E-state index in [0.29, 0.717) is 13.1 Å². The van der Waals surface area contributed by atoms with Crippen LogP contribution in [0.25, 0.3) is 0 Å². The molecular weight excluding hydrogens is 344 g/mol. The average molecular weight is 361 g/mol. The molecule has 110 valence electrons. The highest BCUT2D eigenvalue weighted by atomic mass is 79.9. The van der Waals surface area contributed by atoms with Crippen molar-refractivity contribution in [3.05, 3.63) is 34.3 Å². The lowest BCUT2D eigenvalue weighted by Crippen LogP contribution is -2.29. The van der Waals surface area contributed by atoms with Gasteiger partial charge in [0, 0.05) is 29.9 Å². The third-order valence-corrected chi connectivity index (χ3v) is 5.08. The number of carbonyl (C=O) groups is 1. The highest BCUT2D eigenvalue weighted by Crippen LogP contribution is 2.21. The largest absolute Gasteiger partial charge is 0.342 e. The maximum Gasteiger partial charge on any atom is 0.222 e. The molecule has 1 amide bonds. The molecule has 1 aliphatic heterocycles. The zero-order valence-electron chi connectivity index (χ0n) is 11.0. The van der Waals surface area contributed by atoms with Gasteiger partial charge in [-0.05, 0) is 18.1 Å². The number of primary sulfonamides is 1. The number of halogens is 1. The van der Waals surface area contributed by atoms with Crippen molar-refractivity contribution < 1.29 is 13.2 Å². The Morgan fingerprint density at radius 3 is 2.70 bits per heavy atom. The molecule has 2 rings (SSSR count). The maximum absolute atomic E-state index is 11.9. The predicted molar refractivity (Wildman–Crippen MR) is 80.5 cm³/mol. The summed E-state index contributed by atoms with van der Waals surface area (Å²) in [6.07, 6.45) is 1.02. The molecule has 0 bridgehead atoms. The van der Waals surface area contributed by atoms with Gasteiger partial charge in [-0.15, -0.1) is 0 Å². The summed E-state index contributed by atoms with van der Waals surface area (Å²) in [6, 6.07) is 7.86. The van der Waals surface area contributed by atoms with Gasteiger partial charge >= 0.3 is 0 Å². The maximum atomic E-state index is 11.9. The summed E-state index contributed by atoms with van der Waals surface area (Å²) < 4.78 is 23.2. The van der Waals surface area contributed by atoms with Crippen LogP contribution in [0, 0.1) is 5.92 Å². The van der Waals surface area contributed by atoms with E-state index in [1.807, 2.05) is 24.3 Å². The molecule has 1 fully saturated rings. The second-order valence-corrected chi connectivity index (χ2v) is 7.59. The van der Waals surface area contributed by atoms with E-state index in [1.54, 1.807) is 4.90 Å². The summed E-state index contributed by atoms with van der Waals surface area (Å²) in [6.45, 7) is 1.07. The molecule has 1 heterocycles. The topological polar surface area (TPSA) is 80.5 Å². The first kappa shape index (κ1) is 15.5. The first-order valence-corrected chi connectivity index (χ1v) is 8.87. The minimum atomic E-state index is -3.51. The fourth-order valence-electron chi connectivity index (χ4n) is 2.47. The molecular formula is C13H17BrN2O3S. The van der Waals surface area contributed by atoms with Crippen LogP contribution in [0.3, 0.4) is 0 Å². The Kier molecular flexibility index (Phi) is 4.82. The molecule has 0 spiro atoms. The Morgan fingerprint density at radius 2 is 2.05 bits per heavy atom. The molecule has 20 heavy (non-hydrogen) atoms. The lowest BCUT2D eigenvalue weighted by Gasteiger charge is -2.17. The molecule has 1 aromatic carbocycles. The van der Waals surface area contributed by atoms with Crippen LogP contribution >= 0.6 is 15.9 Å². The molecule has 0 saturated carbocycles. The van der Waals surface area contributed by atoms with Gasteiger partial charge in [-0.2, -0.15) is 0 Å². The quantitative estimate of drug-likeness (QED) is 0.854. The fraction of sp³-hybridized carbons (Fsp3) is 0.462. The molecule has 1 aliphatic rings. The summed E-state index contributed by atoms with van der Waals surface area (Å²) in [5.74, 6) is -0.299.